The molecule has 0 N–H and O–H groups in total. The van der Waals surface area contributed by atoms with Gasteiger partial charge in [-0.1, -0.05) is 36.9 Å². The Morgan fingerprint density at radius 2 is 1.61 bits per heavy atom. The van der Waals surface area contributed by atoms with Crippen molar-refractivity contribution in [2.75, 3.05) is 11.9 Å². The second kappa shape index (κ2) is 6.56. The molecule has 0 saturated heterocycles. The summed E-state index contributed by atoms with van der Waals surface area (Å²) in [5.41, 5.74) is 1.29. The highest BCUT2D eigenvalue weighted by Crippen LogP contribution is 2.25. The number of alkyl halides is 3. The van der Waals surface area contributed by atoms with E-state index < -0.39 is 6.36 Å². The number of rotatable bonds is 4. The van der Waals surface area contributed by atoms with Crippen LogP contribution in [0.2, 0.25) is 0 Å². The lowest BCUT2D eigenvalue weighted by molar-refractivity contribution is -0.274. The molecule has 23 heavy (non-hydrogen) atoms. The number of amides is 1. The van der Waals surface area contributed by atoms with Crippen LogP contribution in [0.3, 0.4) is 0 Å². The normalized spacial score (nSPS) is 11.0. The largest absolute Gasteiger partial charge is 0.573 e. The Morgan fingerprint density at radius 3 is 2.13 bits per heavy atom. The average molecular weight is 321 g/mol. The highest BCUT2D eigenvalue weighted by atomic mass is 19.4. The van der Waals surface area contributed by atoms with Gasteiger partial charge in [-0.05, 0) is 29.8 Å². The number of halogens is 3. The van der Waals surface area contributed by atoms with Crippen molar-refractivity contribution in [2.45, 2.75) is 6.36 Å². The molecule has 0 aromatic heterocycles. The van der Waals surface area contributed by atoms with Crippen LogP contribution in [-0.2, 0) is 4.79 Å². The van der Waals surface area contributed by atoms with Crippen LogP contribution >= 0.6 is 0 Å². The second-order valence-electron chi connectivity index (χ2n) is 4.75. The molecule has 120 valence electrons. The Labute approximate surface area is 131 Å². The molecule has 1 amide bonds. The van der Waals surface area contributed by atoms with Crippen molar-refractivity contribution in [3.05, 3.63) is 66.7 Å². The van der Waals surface area contributed by atoms with Crippen molar-refractivity contribution in [1.82, 2.24) is 0 Å². The van der Waals surface area contributed by atoms with Crippen LogP contribution in [0.25, 0.3) is 5.57 Å². The quantitative estimate of drug-likeness (QED) is 0.788. The van der Waals surface area contributed by atoms with Gasteiger partial charge in [-0.25, -0.2) is 0 Å². The van der Waals surface area contributed by atoms with Crippen molar-refractivity contribution in [3.63, 3.8) is 0 Å². The van der Waals surface area contributed by atoms with E-state index in [-0.39, 0.29) is 17.2 Å². The Morgan fingerprint density at radius 1 is 1.04 bits per heavy atom. The first-order chi connectivity index (χ1) is 10.8. The molecule has 0 heterocycles. The third kappa shape index (κ3) is 4.35. The monoisotopic (exact) mass is 321 g/mol. The smallest absolute Gasteiger partial charge is 0.406 e. The van der Waals surface area contributed by atoms with E-state index in [0.717, 1.165) is 12.1 Å². The Balaban J connectivity index is 2.12. The van der Waals surface area contributed by atoms with Gasteiger partial charge in [-0.15, -0.1) is 13.2 Å². The highest BCUT2D eigenvalue weighted by molar-refractivity contribution is 6.25. The van der Waals surface area contributed by atoms with Crippen LogP contribution in [-0.4, -0.2) is 19.3 Å². The lowest BCUT2D eigenvalue weighted by Gasteiger charge is -2.19. The minimum absolute atomic E-state index is 0.176. The number of likely N-dealkylation sites (N-methyl/N-ethyl adjacent to an activating group) is 1. The van der Waals surface area contributed by atoms with E-state index in [1.54, 1.807) is 31.3 Å². The zero-order chi connectivity index (χ0) is 17.0. The van der Waals surface area contributed by atoms with Crippen LogP contribution in [0.5, 0.6) is 5.75 Å². The molecule has 2 rings (SSSR count). The third-order valence-electron chi connectivity index (χ3n) is 3.14. The number of hydrogen-bond acceptors (Lipinski definition) is 2. The standard InChI is InChI=1S/C17H14F3NO2/c1-12(16(22)21(2)14-6-4-3-5-7-14)13-8-10-15(11-9-13)23-17(18,19)20/h3-11H,1H2,2H3. The van der Waals surface area contributed by atoms with Crippen LogP contribution in [0, 0.1) is 0 Å². The van der Waals surface area contributed by atoms with E-state index in [4.69, 9.17) is 0 Å². The molecule has 0 atom stereocenters. The topological polar surface area (TPSA) is 29.5 Å². The van der Waals surface area contributed by atoms with Gasteiger partial charge in [0, 0.05) is 18.3 Å². The fourth-order valence-electron chi connectivity index (χ4n) is 1.95. The van der Waals surface area contributed by atoms with Crippen molar-refractivity contribution < 1.29 is 22.7 Å². The summed E-state index contributed by atoms with van der Waals surface area (Å²) in [5.74, 6) is -0.696. The summed E-state index contributed by atoms with van der Waals surface area (Å²) in [5, 5.41) is 0. The Kier molecular flexibility index (Phi) is 4.74. The predicted octanol–water partition coefficient (Wildman–Crippen LogP) is 4.26. The van der Waals surface area contributed by atoms with E-state index in [0.29, 0.717) is 11.3 Å². The molecule has 0 radical (unpaired) electrons. The second-order valence-corrected chi connectivity index (χ2v) is 4.75. The van der Waals surface area contributed by atoms with E-state index in [1.165, 1.54) is 17.0 Å². The predicted molar refractivity (Wildman–Crippen MR) is 82.0 cm³/mol. The van der Waals surface area contributed by atoms with E-state index in [2.05, 4.69) is 11.3 Å². The number of nitrogens with zero attached hydrogens (tertiary/aromatic N) is 1. The number of ether oxygens (including phenoxy) is 1. The van der Waals surface area contributed by atoms with Gasteiger partial charge >= 0.3 is 6.36 Å². The molecule has 0 unspecified atom stereocenters. The molecule has 3 nitrogen and oxygen atoms in total. The molecule has 2 aromatic rings. The highest BCUT2D eigenvalue weighted by Gasteiger charge is 2.31. The van der Waals surface area contributed by atoms with Crippen LogP contribution in [0.15, 0.2) is 61.2 Å². The van der Waals surface area contributed by atoms with Crippen LogP contribution in [0.1, 0.15) is 5.56 Å². The first kappa shape index (κ1) is 16.6. The fourth-order valence-corrected chi connectivity index (χ4v) is 1.95. The maximum atomic E-state index is 12.4. The fraction of sp³-hybridized carbons (Fsp3) is 0.118. The minimum atomic E-state index is -4.75. The summed E-state index contributed by atoms with van der Waals surface area (Å²) in [4.78, 5) is 13.8. The van der Waals surface area contributed by atoms with Gasteiger partial charge in [0.1, 0.15) is 5.75 Å². The summed E-state index contributed by atoms with van der Waals surface area (Å²) >= 11 is 0. The summed E-state index contributed by atoms with van der Waals surface area (Å²) in [6, 6.07) is 14.0. The van der Waals surface area contributed by atoms with Gasteiger partial charge in [-0.2, -0.15) is 0 Å². The summed E-state index contributed by atoms with van der Waals surface area (Å²) in [6.07, 6.45) is -4.75. The molecule has 0 aliphatic heterocycles. The van der Waals surface area contributed by atoms with Crippen LogP contribution < -0.4 is 9.64 Å². The van der Waals surface area contributed by atoms with Crippen molar-refractivity contribution >= 4 is 17.2 Å². The van der Waals surface area contributed by atoms with E-state index in [9.17, 15) is 18.0 Å². The zero-order valence-electron chi connectivity index (χ0n) is 12.3. The SMILES string of the molecule is C=C(C(=O)N(C)c1ccccc1)c1ccc(OC(F)(F)F)cc1. The molecule has 0 aliphatic rings. The molecular weight excluding hydrogens is 307 g/mol. The minimum Gasteiger partial charge on any atom is -0.406 e. The van der Waals surface area contributed by atoms with Crippen molar-refractivity contribution in [2.24, 2.45) is 0 Å². The summed E-state index contributed by atoms with van der Waals surface area (Å²) in [7, 11) is 1.60. The molecule has 0 aliphatic carbocycles. The average Bonchev–Trinajstić information content (AvgIpc) is 2.53. The Hall–Kier alpha value is -2.76. The number of carbonyl (C=O) groups excluding carboxylic acids is 1. The zero-order valence-corrected chi connectivity index (χ0v) is 12.3. The first-order valence-corrected chi connectivity index (χ1v) is 6.66. The summed E-state index contributed by atoms with van der Waals surface area (Å²) < 4.78 is 40.2. The molecule has 0 bridgehead atoms. The van der Waals surface area contributed by atoms with Gasteiger partial charge in [0.25, 0.3) is 5.91 Å². The molecule has 6 heteroatoms. The maximum Gasteiger partial charge on any atom is 0.573 e. The van der Waals surface area contributed by atoms with Gasteiger partial charge in [-0.3, -0.25) is 4.79 Å². The van der Waals surface area contributed by atoms with Crippen molar-refractivity contribution in [1.29, 1.82) is 0 Å². The lowest BCUT2D eigenvalue weighted by atomic mass is 10.1. The van der Waals surface area contributed by atoms with Gasteiger partial charge in [0.2, 0.25) is 0 Å². The van der Waals surface area contributed by atoms with Gasteiger partial charge in [0.15, 0.2) is 0 Å². The lowest BCUT2D eigenvalue weighted by Crippen LogP contribution is -2.26. The third-order valence-corrected chi connectivity index (χ3v) is 3.14. The number of benzene rings is 2. The number of anilines is 1. The summed E-state index contributed by atoms with van der Waals surface area (Å²) in [6.45, 7) is 3.72. The first-order valence-electron chi connectivity index (χ1n) is 6.66. The van der Waals surface area contributed by atoms with E-state index >= 15 is 0 Å². The molecule has 0 spiro atoms. The number of para-hydroxylation sites is 1. The van der Waals surface area contributed by atoms with E-state index in [1.807, 2.05) is 6.07 Å². The van der Waals surface area contributed by atoms with Gasteiger partial charge in [0.05, 0.1) is 0 Å². The molecule has 0 fully saturated rings. The van der Waals surface area contributed by atoms with Gasteiger partial charge < -0.3 is 9.64 Å². The van der Waals surface area contributed by atoms with Crippen molar-refractivity contribution in [3.8, 4) is 5.75 Å². The molecule has 0 saturated carbocycles. The number of carbonyl (C=O) groups is 1. The Bertz CT molecular complexity index is 694. The molecular formula is C17H14F3NO2. The number of hydrogen-bond donors (Lipinski definition) is 0. The van der Waals surface area contributed by atoms with Crippen LogP contribution in [0.4, 0.5) is 18.9 Å². The maximum absolute atomic E-state index is 12.4. The molecule has 2 aromatic carbocycles.